The van der Waals surface area contributed by atoms with Crippen molar-refractivity contribution in [3.05, 3.63) is 57.4 Å². The minimum Gasteiger partial charge on any atom is -0.466 e. The summed E-state index contributed by atoms with van der Waals surface area (Å²) >= 11 is 6.20. The van der Waals surface area contributed by atoms with Gasteiger partial charge in [-0.2, -0.15) is 0 Å². The highest BCUT2D eigenvalue weighted by Crippen LogP contribution is 2.40. The van der Waals surface area contributed by atoms with Crippen molar-refractivity contribution in [3.63, 3.8) is 0 Å². The number of allylic oxidation sites excluding steroid dienone is 1. The van der Waals surface area contributed by atoms with Crippen molar-refractivity contribution in [2.24, 2.45) is 5.73 Å². The Balaban J connectivity index is 2.46. The molecule has 0 amide bonds. The first-order valence-corrected chi connectivity index (χ1v) is 10.4. The molecule has 31 heavy (non-hydrogen) atoms. The normalized spacial score (nSPS) is 16.2. The van der Waals surface area contributed by atoms with Crippen LogP contribution in [0.2, 0.25) is 5.02 Å². The molecule has 0 radical (unpaired) electrons. The maximum atomic E-state index is 13.0. The summed E-state index contributed by atoms with van der Waals surface area (Å²) < 4.78 is 21.3. The summed E-state index contributed by atoms with van der Waals surface area (Å²) in [7, 11) is 1.30. The van der Waals surface area contributed by atoms with Crippen molar-refractivity contribution in [2.45, 2.75) is 19.8 Å². The highest BCUT2D eigenvalue weighted by molar-refractivity contribution is 6.30. The monoisotopic (exact) mass is 452 g/mol. The number of carbonyl (C=O) groups excluding carboxylic acids is 2. The number of methoxy groups -OCH3 is 1. The number of hydrogen-bond acceptors (Lipinski definition) is 8. The molecular weight excluding hydrogens is 424 g/mol. The first kappa shape index (κ1) is 24.9. The second kappa shape index (κ2) is 12.5. The van der Waals surface area contributed by atoms with Crippen LogP contribution < -0.4 is 11.1 Å². The zero-order chi connectivity index (χ0) is 22.8. The molecule has 0 unspecified atom stereocenters. The summed E-state index contributed by atoms with van der Waals surface area (Å²) in [4.78, 5) is 25.6. The number of ether oxygens (including phenoxy) is 4. The Morgan fingerprint density at radius 3 is 2.52 bits per heavy atom. The average molecular weight is 453 g/mol. The molecule has 1 aliphatic heterocycles. The van der Waals surface area contributed by atoms with Crippen LogP contribution in [0.25, 0.3) is 0 Å². The van der Waals surface area contributed by atoms with Crippen molar-refractivity contribution in [1.29, 1.82) is 0 Å². The molecule has 0 aromatic heterocycles. The lowest BCUT2D eigenvalue weighted by atomic mass is 9.80. The Kier molecular flexibility index (Phi) is 10.00. The SMILES string of the molecule is CCOC(=O)C1=C(COCCOCCN)NC(C)=C(C(=O)OC)[C@H]1c1cccc(Cl)c1. The Hall–Kier alpha value is -2.39. The van der Waals surface area contributed by atoms with E-state index >= 15 is 0 Å². The summed E-state index contributed by atoms with van der Waals surface area (Å²) in [5.74, 6) is -1.82. The van der Waals surface area contributed by atoms with Crippen LogP contribution >= 0.6 is 11.6 Å². The van der Waals surface area contributed by atoms with Crippen LogP contribution in [0.1, 0.15) is 25.3 Å². The largest absolute Gasteiger partial charge is 0.466 e. The van der Waals surface area contributed by atoms with Crippen LogP contribution in [-0.4, -0.2) is 58.6 Å². The van der Waals surface area contributed by atoms with E-state index in [1.165, 1.54) is 7.11 Å². The maximum absolute atomic E-state index is 13.0. The molecular formula is C22H29ClN2O6. The predicted octanol–water partition coefficient (Wildman–Crippen LogP) is 2.28. The smallest absolute Gasteiger partial charge is 0.336 e. The third-order valence-corrected chi connectivity index (χ3v) is 4.84. The molecule has 0 aliphatic carbocycles. The molecule has 170 valence electrons. The first-order chi connectivity index (χ1) is 14.9. The van der Waals surface area contributed by atoms with Gasteiger partial charge in [0.2, 0.25) is 0 Å². The van der Waals surface area contributed by atoms with Gasteiger partial charge in [0, 0.05) is 17.3 Å². The van der Waals surface area contributed by atoms with Crippen LogP contribution in [0.5, 0.6) is 0 Å². The number of halogens is 1. The van der Waals surface area contributed by atoms with E-state index in [1.807, 2.05) is 0 Å². The summed E-state index contributed by atoms with van der Waals surface area (Å²) in [6, 6.07) is 7.00. The number of nitrogens with one attached hydrogen (secondary N) is 1. The average Bonchev–Trinajstić information content (AvgIpc) is 2.75. The van der Waals surface area contributed by atoms with Gasteiger partial charge in [0.1, 0.15) is 0 Å². The van der Waals surface area contributed by atoms with Gasteiger partial charge in [-0.1, -0.05) is 23.7 Å². The van der Waals surface area contributed by atoms with E-state index in [0.29, 0.717) is 53.9 Å². The molecule has 9 heteroatoms. The predicted molar refractivity (Wildman–Crippen MR) is 116 cm³/mol. The van der Waals surface area contributed by atoms with Gasteiger partial charge in [0.05, 0.1) is 62.9 Å². The van der Waals surface area contributed by atoms with E-state index < -0.39 is 17.9 Å². The Morgan fingerprint density at radius 1 is 1.13 bits per heavy atom. The van der Waals surface area contributed by atoms with E-state index in [4.69, 9.17) is 36.3 Å². The van der Waals surface area contributed by atoms with E-state index in [9.17, 15) is 9.59 Å². The highest BCUT2D eigenvalue weighted by atomic mass is 35.5. The molecule has 1 aromatic rings. The van der Waals surface area contributed by atoms with E-state index in [2.05, 4.69) is 5.32 Å². The van der Waals surface area contributed by atoms with Crippen LogP contribution in [0.15, 0.2) is 46.8 Å². The molecule has 1 aromatic carbocycles. The number of hydrogen-bond donors (Lipinski definition) is 2. The van der Waals surface area contributed by atoms with Crippen molar-refractivity contribution in [1.82, 2.24) is 5.32 Å². The summed E-state index contributed by atoms with van der Waals surface area (Å²) in [6.45, 7) is 5.31. The number of rotatable bonds is 11. The number of carbonyl (C=O) groups is 2. The van der Waals surface area contributed by atoms with E-state index in [0.717, 1.165) is 0 Å². The third-order valence-electron chi connectivity index (χ3n) is 4.61. The van der Waals surface area contributed by atoms with Gasteiger partial charge in [-0.15, -0.1) is 0 Å². The molecule has 2 rings (SSSR count). The quantitative estimate of drug-likeness (QED) is 0.389. The summed E-state index contributed by atoms with van der Waals surface area (Å²) in [6.07, 6.45) is 0. The molecule has 0 saturated heterocycles. The Bertz CT molecular complexity index is 852. The van der Waals surface area contributed by atoms with Gasteiger partial charge < -0.3 is 30.0 Å². The third kappa shape index (κ3) is 6.54. The Labute approximate surface area is 187 Å². The van der Waals surface area contributed by atoms with Gasteiger partial charge in [-0.3, -0.25) is 0 Å². The number of benzene rings is 1. The zero-order valence-electron chi connectivity index (χ0n) is 18.0. The topological polar surface area (TPSA) is 109 Å². The van der Waals surface area contributed by atoms with Crippen LogP contribution in [0, 0.1) is 0 Å². The fourth-order valence-electron chi connectivity index (χ4n) is 3.34. The Morgan fingerprint density at radius 2 is 1.87 bits per heavy atom. The molecule has 0 saturated carbocycles. The van der Waals surface area contributed by atoms with Crippen molar-refractivity contribution >= 4 is 23.5 Å². The number of nitrogens with two attached hydrogens (primary N) is 1. The minimum absolute atomic E-state index is 0.100. The van der Waals surface area contributed by atoms with Gasteiger partial charge >= 0.3 is 11.9 Å². The fraction of sp³-hybridized carbons (Fsp3) is 0.455. The molecule has 3 N–H and O–H groups in total. The lowest BCUT2D eigenvalue weighted by Gasteiger charge is -2.31. The molecule has 1 aliphatic rings. The maximum Gasteiger partial charge on any atom is 0.336 e. The van der Waals surface area contributed by atoms with Gasteiger partial charge in [-0.25, -0.2) is 9.59 Å². The summed E-state index contributed by atoms with van der Waals surface area (Å²) in [5.41, 5.74) is 7.71. The minimum atomic E-state index is -0.724. The van der Waals surface area contributed by atoms with Gasteiger partial charge in [-0.05, 0) is 31.5 Å². The van der Waals surface area contributed by atoms with Gasteiger partial charge in [0.15, 0.2) is 0 Å². The summed E-state index contributed by atoms with van der Waals surface area (Å²) in [5, 5.41) is 3.61. The highest BCUT2D eigenvalue weighted by Gasteiger charge is 2.38. The van der Waals surface area contributed by atoms with Gasteiger partial charge in [0.25, 0.3) is 0 Å². The van der Waals surface area contributed by atoms with Crippen LogP contribution in [0.3, 0.4) is 0 Å². The second-order valence-electron chi connectivity index (χ2n) is 6.71. The molecule has 1 heterocycles. The zero-order valence-corrected chi connectivity index (χ0v) is 18.8. The number of esters is 2. The first-order valence-electron chi connectivity index (χ1n) is 10.0. The second-order valence-corrected chi connectivity index (χ2v) is 7.15. The molecule has 0 fully saturated rings. The van der Waals surface area contributed by atoms with E-state index in [1.54, 1.807) is 38.1 Å². The molecule has 8 nitrogen and oxygen atoms in total. The molecule has 0 bridgehead atoms. The van der Waals surface area contributed by atoms with Crippen molar-refractivity contribution < 1.29 is 28.5 Å². The molecule has 1 atom stereocenters. The number of dihydropyridines is 1. The van der Waals surface area contributed by atoms with Crippen molar-refractivity contribution in [3.8, 4) is 0 Å². The van der Waals surface area contributed by atoms with Crippen LogP contribution in [0.4, 0.5) is 0 Å². The van der Waals surface area contributed by atoms with Crippen molar-refractivity contribution in [2.75, 3.05) is 46.7 Å². The van der Waals surface area contributed by atoms with Crippen LogP contribution in [-0.2, 0) is 28.5 Å². The standard InChI is InChI=1S/C22H29ClN2O6/c1-4-31-22(27)20-17(13-30-11-10-29-9-8-24)25-14(2)18(21(26)28-3)19(20)15-6-5-7-16(23)12-15/h5-7,12,19,25H,4,8-11,13,24H2,1-3H3/t19-/m1/s1. The molecule has 0 spiro atoms. The fourth-order valence-corrected chi connectivity index (χ4v) is 3.54. The lowest BCUT2D eigenvalue weighted by molar-refractivity contribution is -0.139. The van der Waals surface area contributed by atoms with E-state index in [-0.39, 0.29) is 18.8 Å². The lowest BCUT2D eigenvalue weighted by Crippen LogP contribution is -2.34.